The molecule has 0 spiro atoms. The third-order valence-corrected chi connectivity index (χ3v) is 6.32. The Labute approximate surface area is 198 Å². The summed E-state index contributed by atoms with van der Waals surface area (Å²) in [7, 11) is 1.58. The number of nitrogens with zero attached hydrogens (tertiary/aromatic N) is 1. The zero-order valence-electron chi connectivity index (χ0n) is 18.7. The molecule has 0 saturated carbocycles. The van der Waals surface area contributed by atoms with Crippen LogP contribution >= 0.6 is 23.4 Å². The molecule has 0 aromatic heterocycles. The Morgan fingerprint density at radius 2 is 2.00 bits per heavy atom. The number of hydrogen-bond acceptors (Lipinski definition) is 4. The Morgan fingerprint density at radius 3 is 2.69 bits per heavy atom. The fourth-order valence-electron chi connectivity index (χ4n) is 3.08. The molecule has 8 heteroatoms. The zero-order chi connectivity index (χ0) is 23.5. The molecule has 0 aliphatic carbocycles. The van der Waals surface area contributed by atoms with Crippen molar-refractivity contribution in [2.24, 2.45) is 0 Å². The van der Waals surface area contributed by atoms with Gasteiger partial charge in [-0.1, -0.05) is 43.1 Å². The quantitative estimate of drug-likeness (QED) is 0.432. The SMILES string of the molecule is CCCCNC(=O)[C@H](C)N(Cc1cccc(OC)c1)C(=O)CSCc1c(F)cccc1Cl. The van der Waals surface area contributed by atoms with Crippen molar-refractivity contribution in [1.82, 2.24) is 10.2 Å². The van der Waals surface area contributed by atoms with E-state index in [0.717, 1.165) is 18.4 Å². The van der Waals surface area contributed by atoms with Gasteiger partial charge < -0.3 is 15.0 Å². The number of unbranched alkanes of at least 4 members (excludes halogenated alkanes) is 1. The molecule has 0 saturated heterocycles. The van der Waals surface area contributed by atoms with E-state index in [4.69, 9.17) is 16.3 Å². The Hall–Kier alpha value is -2.25. The first kappa shape index (κ1) is 26.0. The second kappa shape index (κ2) is 13.3. The number of ether oxygens (including phenoxy) is 1. The smallest absolute Gasteiger partial charge is 0.242 e. The van der Waals surface area contributed by atoms with E-state index in [0.29, 0.717) is 22.9 Å². The van der Waals surface area contributed by atoms with Crippen LogP contribution in [0.25, 0.3) is 0 Å². The lowest BCUT2D eigenvalue weighted by molar-refractivity contribution is -0.138. The number of halogens is 2. The summed E-state index contributed by atoms with van der Waals surface area (Å²) in [6, 6.07) is 11.3. The minimum absolute atomic E-state index is 0.0984. The van der Waals surface area contributed by atoms with Gasteiger partial charge in [0.1, 0.15) is 17.6 Å². The lowest BCUT2D eigenvalue weighted by Gasteiger charge is -2.29. The lowest BCUT2D eigenvalue weighted by atomic mass is 10.1. The highest BCUT2D eigenvalue weighted by Crippen LogP contribution is 2.24. The molecule has 0 aliphatic rings. The topological polar surface area (TPSA) is 58.6 Å². The van der Waals surface area contributed by atoms with Crippen LogP contribution in [0.2, 0.25) is 5.02 Å². The highest BCUT2D eigenvalue weighted by molar-refractivity contribution is 7.99. The van der Waals surface area contributed by atoms with E-state index >= 15 is 0 Å². The van der Waals surface area contributed by atoms with Crippen molar-refractivity contribution in [1.29, 1.82) is 0 Å². The van der Waals surface area contributed by atoms with E-state index in [-0.39, 0.29) is 29.9 Å². The number of benzene rings is 2. The lowest BCUT2D eigenvalue weighted by Crippen LogP contribution is -2.48. The highest BCUT2D eigenvalue weighted by Gasteiger charge is 2.26. The molecule has 32 heavy (non-hydrogen) atoms. The summed E-state index contributed by atoms with van der Waals surface area (Å²) in [6.45, 7) is 4.60. The van der Waals surface area contributed by atoms with E-state index in [2.05, 4.69) is 5.32 Å². The van der Waals surface area contributed by atoms with Gasteiger partial charge in [0.2, 0.25) is 11.8 Å². The zero-order valence-corrected chi connectivity index (χ0v) is 20.3. The summed E-state index contributed by atoms with van der Waals surface area (Å²) in [5, 5.41) is 3.23. The van der Waals surface area contributed by atoms with Crippen LogP contribution in [0.1, 0.15) is 37.8 Å². The van der Waals surface area contributed by atoms with Gasteiger partial charge in [-0.15, -0.1) is 11.8 Å². The van der Waals surface area contributed by atoms with Crippen LogP contribution in [0.15, 0.2) is 42.5 Å². The second-order valence-electron chi connectivity index (χ2n) is 7.39. The van der Waals surface area contributed by atoms with Crippen LogP contribution in [0.3, 0.4) is 0 Å². The summed E-state index contributed by atoms with van der Waals surface area (Å²) >= 11 is 7.35. The first-order valence-corrected chi connectivity index (χ1v) is 12.1. The molecular formula is C24H30ClFN2O3S. The molecule has 0 bridgehead atoms. The minimum Gasteiger partial charge on any atom is -0.497 e. The Kier molecular flexibility index (Phi) is 10.8. The standard InChI is InChI=1S/C24H30ClFN2O3S/c1-4-5-12-27-24(30)17(2)28(14-18-8-6-9-19(13-18)31-3)23(29)16-32-15-20-21(25)10-7-11-22(20)26/h6-11,13,17H,4-5,12,14-16H2,1-3H3,(H,27,30)/t17-/m0/s1. The molecule has 0 unspecified atom stereocenters. The summed E-state index contributed by atoms with van der Waals surface area (Å²) < 4.78 is 19.3. The van der Waals surface area contributed by atoms with Gasteiger partial charge in [-0.3, -0.25) is 9.59 Å². The molecule has 5 nitrogen and oxygen atoms in total. The van der Waals surface area contributed by atoms with Gasteiger partial charge in [0.15, 0.2) is 0 Å². The molecule has 1 atom stereocenters. The first-order valence-electron chi connectivity index (χ1n) is 10.6. The van der Waals surface area contributed by atoms with Crippen molar-refractivity contribution in [3.05, 3.63) is 64.4 Å². The van der Waals surface area contributed by atoms with Crippen molar-refractivity contribution in [3.8, 4) is 5.75 Å². The van der Waals surface area contributed by atoms with Crippen molar-refractivity contribution in [2.75, 3.05) is 19.4 Å². The average Bonchev–Trinajstić information content (AvgIpc) is 2.79. The summed E-state index contributed by atoms with van der Waals surface area (Å²) in [6.07, 6.45) is 1.85. The summed E-state index contributed by atoms with van der Waals surface area (Å²) in [5.74, 6) is 0.246. The van der Waals surface area contributed by atoms with Gasteiger partial charge >= 0.3 is 0 Å². The molecular weight excluding hydrogens is 451 g/mol. The van der Waals surface area contributed by atoms with Crippen molar-refractivity contribution in [3.63, 3.8) is 0 Å². The van der Waals surface area contributed by atoms with Gasteiger partial charge in [-0.2, -0.15) is 0 Å². The third-order valence-electron chi connectivity index (χ3n) is 5.02. The fraction of sp³-hybridized carbons (Fsp3) is 0.417. The Bertz CT molecular complexity index is 892. The van der Waals surface area contributed by atoms with Crippen LogP contribution in [0.4, 0.5) is 4.39 Å². The molecule has 0 radical (unpaired) electrons. The number of carbonyl (C=O) groups excluding carboxylic acids is 2. The molecule has 2 rings (SSSR count). The third kappa shape index (κ3) is 7.71. The molecule has 174 valence electrons. The number of thioether (sulfide) groups is 1. The minimum atomic E-state index is -0.650. The van der Waals surface area contributed by atoms with Crippen LogP contribution in [-0.2, 0) is 21.9 Å². The fourth-order valence-corrected chi connectivity index (χ4v) is 4.33. The van der Waals surface area contributed by atoms with Gasteiger partial charge in [0, 0.05) is 29.4 Å². The van der Waals surface area contributed by atoms with E-state index in [1.807, 2.05) is 31.2 Å². The average molecular weight is 481 g/mol. The number of carbonyl (C=O) groups is 2. The predicted octanol–water partition coefficient (Wildman–Crippen LogP) is 5.05. The largest absolute Gasteiger partial charge is 0.497 e. The Morgan fingerprint density at radius 1 is 1.25 bits per heavy atom. The number of methoxy groups -OCH3 is 1. The van der Waals surface area contributed by atoms with Crippen molar-refractivity contribution in [2.45, 2.75) is 45.0 Å². The first-order chi connectivity index (χ1) is 15.4. The molecule has 0 aliphatic heterocycles. The highest BCUT2D eigenvalue weighted by atomic mass is 35.5. The van der Waals surface area contributed by atoms with E-state index < -0.39 is 11.9 Å². The maximum absolute atomic E-state index is 14.0. The van der Waals surface area contributed by atoms with Gasteiger partial charge in [0.25, 0.3) is 0 Å². The second-order valence-corrected chi connectivity index (χ2v) is 8.78. The Balaban J connectivity index is 2.10. The molecule has 2 aromatic carbocycles. The van der Waals surface area contributed by atoms with E-state index in [1.165, 1.54) is 17.8 Å². The maximum Gasteiger partial charge on any atom is 0.242 e. The molecule has 0 fully saturated rings. The van der Waals surface area contributed by atoms with Crippen LogP contribution in [-0.4, -0.2) is 42.2 Å². The number of nitrogens with one attached hydrogen (secondary N) is 1. The number of rotatable bonds is 12. The number of hydrogen-bond donors (Lipinski definition) is 1. The number of amides is 2. The molecule has 1 N–H and O–H groups in total. The summed E-state index contributed by atoms with van der Waals surface area (Å²) in [5.41, 5.74) is 1.23. The molecule has 2 amide bonds. The van der Waals surface area contributed by atoms with E-state index in [1.54, 1.807) is 31.1 Å². The van der Waals surface area contributed by atoms with E-state index in [9.17, 15) is 14.0 Å². The normalized spacial score (nSPS) is 11.7. The van der Waals surface area contributed by atoms with Gasteiger partial charge in [-0.05, 0) is 43.2 Å². The van der Waals surface area contributed by atoms with Crippen LogP contribution in [0.5, 0.6) is 5.75 Å². The van der Waals surface area contributed by atoms with Crippen LogP contribution < -0.4 is 10.1 Å². The summed E-state index contributed by atoms with van der Waals surface area (Å²) in [4.78, 5) is 27.3. The molecule has 0 heterocycles. The molecule has 2 aromatic rings. The van der Waals surface area contributed by atoms with Gasteiger partial charge in [0.05, 0.1) is 12.9 Å². The van der Waals surface area contributed by atoms with Crippen LogP contribution in [0, 0.1) is 5.82 Å². The van der Waals surface area contributed by atoms with Gasteiger partial charge in [-0.25, -0.2) is 4.39 Å². The maximum atomic E-state index is 14.0. The predicted molar refractivity (Wildman–Crippen MR) is 128 cm³/mol. The monoisotopic (exact) mass is 480 g/mol. The van der Waals surface area contributed by atoms with Crippen molar-refractivity contribution < 1.29 is 18.7 Å². The van der Waals surface area contributed by atoms with Crippen molar-refractivity contribution >= 4 is 35.2 Å².